The molecule has 0 amide bonds. The largest absolute Gasteiger partial charge is 0.394 e. The van der Waals surface area contributed by atoms with Crippen molar-refractivity contribution >= 4 is 46.7 Å². The third-order valence-corrected chi connectivity index (χ3v) is 5.45. The lowest BCUT2D eigenvalue weighted by molar-refractivity contribution is 0.203. The molecule has 0 bridgehead atoms. The Labute approximate surface area is 184 Å². The molecule has 0 radical (unpaired) electrons. The van der Waals surface area contributed by atoms with E-state index in [4.69, 9.17) is 28.2 Å². The van der Waals surface area contributed by atoms with Crippen LogP contribution < -0.4 is 10.2 Å². The van der Waals surface area contributed by atoms with Crippen LogP contribution in [0.5, 0.6) is 0 Å². The van der Waals surface area contributed by atoms with Gasteiger partial charge in [0.25, 0.3) is 0 Å². The molecule has 4 rings (SSSR count). The van der Waals surface area contributed by atoms with Gasteiger partial charge in [0.1, 0.15) is 5.82 Å². The second-order valence-corrected chi connectivity index (χ2v) is 7.60. The Balaban J connectivity index is 1.92. The summed E-state index contributed by atoms with van der Waals surface area (Å²) in [5.74, 6) is 0.941. The third kappa shape index (κ3) is 4.00. The van der Waals surface area contributed by atoms with Crippen LogP contribution in [0.25, 0.3) is 17.3 Å². The van der Waals surface area contributed by atoms with Crippen LogP contribution in [0.1, 0.15) is 5.56 Å². The van der Waals surface area contributed by atoms with Crippen molar-refractivity contribution in [2.45, 2.75) is 6.04 Å². The van der Waals surface area contributed by atoms with Crippen molar-refractivity contribution in [2.24, 2.45) is 0 Å². The molecule has 8 heteroatoms. The highest BCUT2D eigenvalue weighted by Gasteiger charge is 2.25. The first-order valence-electron chi connectivity index (χ1n) is 9.46. The van der Waals surface area contributed by atoms with Gasteiger partial charge in [-0.05, 0) is 18.2 Å². The number of nitrogens with one attached hydrogen (secondary N) is 1. The lowest BCUT2D eigenvalue weighted by Crippen LogP contribution is -2.30. The normalized spacial score (nSPS) is 12.9. The monoisotopic (exact) mass is 442 g/mol. The fourth-order valence-corrected chi connectivity index (χ4v) is 3.78. The minimum absolute atomic E-state index is 0.257. The Hall–Kier alpha value is -2.64. The number of aliphatic hydroxyl groups excluding tert-OH is 2. The number of para-hydroxylation sites is 1. The second kappa shape index (κ2) is 9.02. The number of hydrogen-bond acceptors (Lipinski definition) is 6. The number of halogens is 2. The zero-order valence-corrected chi connectivity index (χ0v) is 17.5. The maximum absolute atomic E-state index is 9.48. The Morgan fingerprint density at radius 3 is 2.37 bits per heavy atom. The van der Waals surface area contributed by atoms with Crippen LogP contribution in [-0.4, -0.2) is 46.0 Å². The Morgan fingerprint density at radius 1 is 0.967 bits per heavy atom. The third-order valence-electron chi connectivity index (χ3n) is 4.80. The van der Waals surface area contributed by atoms with E-state index in [1.165, 1.54) is 0 Å². The number of nitrogens with zero attached hydrogens (tertiary/aromatic N) is 3. The number of benzene rings is 2. The molecule has 0 atom stereocenters. The van der Waals surface area contributed by atoms with Crippen molar-refractivity contribution in [3.05, 3.63) is 70.2 Å². The molecule has 0 saturated heterocycles. The van der Waals surface area contributed by atoms with E-state index >= 15 is 0 Å². The number of hydrogen-bond donors (Lipinski definition) is 3. The van der Waals surface area contributed by atoms with Gasteiger partial charge < -0.3 is 20.4 Å². The molecule has 1 aliphatic rings. The highest BCUT2D eigenvalue weighted by atomic mass is 35.5. The summed E-state index contributed by atoms with van der Waals surface area (Å²) in [6, 6.07) is 14.4. The fourth-order valence-electron chi connectivity index (χ4n) is 3.32. The van der Waals surface area contributed by atoms with Crippen LogP contribution in [0.4, 0.5) is 17.5 Å². The topological polar surface area (TPSA) is 81.5 Å². The summed E-state index contributed by atoms with van der Waals surface area (Å²) < 4.78 is 0. The molecule has 0 aliphatic carbocycles. The number of rotatable bonds is 6. The SMILES string of the molecule is OCC(CO)Nc1nc(-c2ccccc2Cl)c2c(n1)N(c1ccccc1Cl)CC=C2. The van der Waals surface area contributed by atoms with Gasteiger partial charge in [-0.1, -0.05) is 65.7 Å². The maximum Gasteiger partial charge on any atom is 0.225 e. The van der Waals surface area contributed by atoms with Gasteiger partial charge in [0.15, 0.2) is 0 Å². The molecule has 1 aromatic heterocycles. The van der Waals surface area contributed by atoms with Gasteiger partial charge >= 0.3 is 0 Å². The summed E-state index contributed by atoms with van der Waals surface area (Å²) in [6.07, 6.45) is 3.99. The molecule has 1 aliphatic heterocycles. The zero-order chi connectivity index (χ0) is 21.1. The predicted octanol–water partition coefficient (Wildman–Crippen LogP) is 4.38. The molecule has 0 spiro atoms. The van der Waals surface area contributed by atoms with Gasteiger partial charge in [-0.25, -0.2) is 4.98 Å². The van der Waals surface area contributed by atoms with Gasteiger partial charge in [0.05, 0.1) is 35.7 Å². The minimum Gasteiger partial charge on any atom is -0.394 e. The van der Waals surface area contributed by atoms with E-state index in [0.29, 0.717) is 28.1 Å². The first-order chi connectivity index (χ1) is 14.6. The molecular weight excluding hydrogens is 423 g/mol. The van der Waals surface area contributed by atoms with E-state index in [1.807, 2.05) is 59.5 Å². The van der Waals surface area contributed by atoms with Crippen molar-refractivity contribution in [2.75, 3.05) is 30.0 Å². The molecule has 2 heterocycles. The van der Waals surface area contributed by atoms with E-state index < -0.39 is 6.04 Å². The van der Waals surface area contributed by atoms with Crippen LogP contribution in [0.3, 0.4) is 0 Å². The summed E-state index contributed by atoms with van der Waals surface area (Å²) in [5.41, 5.74) is 3.04. The van der Waals surface area contributed by atoms with Crippen molar-refractivity contribution in [1.82, 2.24) is 9.97 Å². The average Bonchev–Trinajstić information content (AvgIpc) is 2.77. The molecule has 3 aromatic rings. The van der Waals surface area contributed by atoms with Gasteiger partial charge in [0.2, 0.25) is 5.95 Å². The highest BCUT2D eigenvalue weighted by Crippen LogP contribution is 2.40. The maximum atomic E-state index is 9.48. The number of aromatic nitrogens is 2. The van der Waals surface area contributed by atoms with Crippen molar-refractivity contribution in [1.29, 1.82) is 0 Å². The molecule has 0 unspecified atom stereocenters. The lowest BCUT2D eigenvalue weighted by Gasteiger charge is -2.29. The summed E-state index contributed by atoms with van der Waals surface area (Å²) in [6.45, 7) is 0.0670. The number of fused-ring (bicyclic) bond motifs is 1. The average molecular weight is 443 g/mol. The molecule has 0 fully saturated rings. The minimum atomic E-state index is -0.588. The van der Waals surface area contributed by atoms with E-state index in [0.717, 1.165) is 16.8 Å². The first kappa shape index (κ1) is 20.6. The van der Waals surface area contributed by atoms with Gasteiger partial charge in [0, 0.05) is 22.7 Å². The van der Waals surface area contributed by atoms with Gasteiger partial charge in [-0.2, -0.15) is 4.98 Å². The van der Waals surface area contributed by atoms with Crippen LogP contribution >= 0.6 is 23.2 Å². The molecule has 6 nitrogen and oxygen atoms in total. The van der Waals surface area contributed by atoms with E-state index in [1.54, 1.807) is 6.07 Å². The van der Waals surface area contributed by atoms with Gasteiger partial charge in [-0.15, -0.1) is 0 Å². The van der Waals surface area contributed by atoms with Gasteiger partial charge in [-0.3, -0.25) is 0 Å². The summed E-state index contributed by atoms with van der Waals surface area (Å²) >= 11 is 12.9. The van der Waals surface area contributed by atoms with Crippen LogP contribution in [0.15, 0.2) is 54.6 Å². The van der Waals surface area contributed by atoms with Crippen LogP contribution in [0, 0.1) is 0 Å². The summed E-state index contributed by atoms with van der Waals surface area (Å²) in [7, 11) is 0. The van der Waals surface area contributed by atoms with E-state index in [-0.39, 0.29) is 19.2 Å². The summed E-state index contributed by atoms with van der Waals surface area (Å²) in [4.78, 5) is 11.4. The zero-order valence-electron chi connectivity index (χ0n) is 16.0. The summed E-state index contributed by atoms with van der Waals surface area (Å²) in [5, 5.41) is 23.1. The van der Waals surface area contributed by atoms with E-state index in [9.17, 15) is 10.2 Å². The highest BCUT2D eigenvalue weighted by molar-refractivity contribution is 6.34. The number of aliphatic hydroxyl groups is 2. The van der Waals surface area contributed by atoms with Crippen molar-refractivity contribution in [3.8, 4) is 11.3 Å². The Bertz CT molecular complexity index is 1090. The first-order valence-corrected chi connectivity index (χ1v) is 10.2. The Morgan fingerprint density at radius 2 is 1.67 bits per heavy atom. The standard InChI is InChI=1S/C22H20Cl2N4O2/c23-17-8-2-1-6-15(17)20-16-7-5-11-28(19-10-4-3-9-18(19)24)21(16)27-22(26-20)25-14(12-29)13-30/h1-10,14,29-30H,11-13H2,(H,25,26,27). The molecule has 2 aromatic carbocycles. The van der Waals surface area contributed by atoms with E-state index in [2.05, 4.69) is 10.3 Å². The Kier molecular flexibility index (Phi) is 6.20. The second-order valence-electron chi connectivity index (χ2n) is 6.78. The smallest absolute Gasteiger partial charge is 0.225 e. The molecule has 0 saturated carbocycles. The lowest BCUT2D eigenvalue weighted by atomic mass is 10.0. The quantitative estimate of drug-likeness (QED) is 0.525. The van der Waals surface area contributed by atoms with Crippen molar-refractivity contribution in [3.63, 3.8) is 0 Å². The van der Waals surface area contributed by atoms with Crippen molar-refractivity contribution < 1.29 is 10.2 Å². The molecule has 30 heavy (non-hydrogen) atoms. The van der Waals surface area contributed by atoms with Crippen LogP contribution in [0.2, 0.25) is 10.0 Å². The molecule has 3 N–H and O–H groups in total. The fraction of sp³-hybridized carbons (Fsp3) is 0.182. The molecular formula is C22H20Cl2N4O2. The van der Waals surface area contributed by atoms with Crippen LogP contribution in [-0.2, 0) is 0 Å². The predicted molar refractivity (Wildman–Crippen MR) is 122 cm³/mol. The molecule has 154 valence electrons. The number of anilines is 3.